The van der Waals surface area contributed by atoms with E-state index >= 15 is 0 Å². The fourth-order valence-electron chi connectivity index (χ4n) is 3.05. The zero-order valence-corrected chi connectivity index (χ0v) is 15.3. The molecule has 0 aliphatic heterocycles. The Morgan fingerprint density at radius 1 is 1.11 bits per heavy atom. The highest BCUT2D eigenvalue weighted by molar-refractivity contribution is 5.87. The van der Waals surface area contributed by atoms with Gasteiger partial charge in [0.2, 0.25) is 0 Å². The van der Waals surface area contributed by atoms with Crippen LogP contribution in [0.5, 0.6) is 17.2 Å². The zero-order chi connectivity index (χ0) is 19.5. The second-order valence-corrected chi connectivity index (χ2v) is 6.37. The number of fused-ring (bicyclic) bond motifs is 2. The van der Waals surface area contributed by atoms with E-state index in [1.54, 1.807) is 31.3 Å². The molecule has 0 aliphatic carbocycles. The Labute approximate surface area is 161 Å². The van der Waals surface area contributed by atoms with Crippen LogP contribution in [0.3, 0.4) is 0 Å². The van der Waals surface area contributed by atoms with Gasteiger partial charge in [-0.3, -0.25) is 9.78 Å². The molecule has 0 radical (unpaired) electrons. The van der Waals surface area contributed by atoms with Gasteiger partial charge < -0.3 is 19.0 Å². The Kier molecular flexibility index (Phi) is 4.95. The van der Waals surface area contributed by atoms with E-state index in [2.05, 4.69) is 4.98 Å². The highest BCUT2D eigenvalue weighted by Gasteiger charge is 2.14. The number of rotatable bonds is 6. The Hall–Kier alpha value is -3.38. The van der Waals surface area contributed by atoms with Crippen LogP contribution >= 0.6 is 0 Å². The molecule has 2 aromatic carbocycles. The standard InChI is InChI=1S/C22H19NO5/c1-14-11-18(25)22-20(26-10-4-9-24)12-15(13-21(22)27-14)28-19-7-8-23-17-6-3-2-5-16(17)19/h2-3,5-8,11-13,24H,4,9-10H2,1H3. The van der Waals surface area contributed by atoms with E-state index in [0.717, 1.165) is 10.9 Å². The lowest BCUT2D eigenvalue weighted by molar-refractivity contribution is 0.234. The van der Waals surface area contributed by atoms with Gasteiger partial charge in [0.25, 0.3) is 0 Å². The summed E-state index contributed by atoms with van der Waals surface area (Å²) in [4.78, 5) is 16.8. The van der Waals surface area contributed by atoms with Crippen LogP contribution in [0.4, 0.5) is 0 Å². The third kappa shape index (κ3) is 3.54. The Morgan fingerprint density at radius 2 is 1.96 bits per heavy atom. The van der Waals surface area contributed by atoms with Crippen LogP contribution in [0.1, 0.15) is 12.2 Å². The van der Waals surface area contributed by atoms with Crippen LogP contribution in [-0.2, 0) is 0 Å². The molecule has 6 nitrogen and oxygen atoms in total. The van der Waals surface area contributed by atoms with E-state index in [-0.39, 0.29) is 18.6 Å². The van der Waals surface area contributed by atoms with Crippen molar-refractivity contribution in [1.82, 2.24) is 4.98 Å². The van der Waals surface area contributed by atoms with Gasteiger partial charge in [0.05, 0.1) is 12.1 Å². The molecule has 0 atom stereocenters. The first-order chi connectivity index (χ1) is 13.7. The number of aliphatic hydroxyl groups excluding tert-OH is 1. The van der Waals surface area contributed by atoms with Crippen molar-refractivity contribution in [2.45, 2.75) is 13.3 Å². The molecule has 0 aliphatic rings. The lowest BCUT2D eigenvalue weighted by atomic mass is 10.2. The molecule has 4 rings (SSSR count). The van der Waals surface area contributed by atoms with Crippen LogP contribution in [-0.4, -0.2) is 23.3 Å². The SMILES string of the molecule is Cc1cc(=O)c2c(OCCCO)cc(Oc3ccnc4ccccc34)cc2o1. The lowest BCUT2D eigenvalue weighted by Gasteiger charge is -2.13. The van der Waals surface area contributed by atoms with Gasteiger partial charge in [-0.2, -0.15) is 0 Å². The van der Waals surface area contributed by atoms with Gasteiger partial charge in [-0.05, 0) is 25.1 Å². The Balaban J connectivity index is 1.81. The Morgan fingerprint density at radius 3 is 2.82 bits per heavy atom. The molecule has 0 saturated carbocycles. The summed E-state index contributed by atoms with van der Waals surface area (Å²) < 4.78 is 17.6. The summed E-state index contributed by atoms with van der Waals surface area (Å²) in [6.07, 6.45) is 2.14. The van der Waals surface area contributed by atoms with Gasteiger partial charge in [-0.25, -0.2) is 0 Å². The van der Waals surface area contributed by atoms with Gasteiger partial charge in [0.15, 0.2) is 5.43 Å². The van der Waals surface area contributed by atoms with Gasteiger partial charge in [0.1, 0.15) is 34.0 Å². The molecule has 0 unspecified atom stereocenters. The van der Waals surface area contributed by atoms with Gasteiger partial charge in [0, 0.05) is 42.8 Å². The van der Waals surface area contributed by atoms with Crippen molar-refractivity contribution >= 4 is 21.9 Å². The number of nitrogens with zero attached hydrogens (tertiary/aromatic N) is 1. The molecule has 28 heavy (non-hydrogen) atoms. The number of aryl methyl sites for hydroxylation is 1. The maximum Gasteiger partial charge on any atom is 0.196 e. The first kappa shape index (κ1) is 18.0. The smallest absolute Gasteiger partial charge is 0.196 e. The van der Waals surface area contributed by atoms with Crippen LogP contribution in [0, 0.1) is 6.92 Å². The maximum absolute atomic E-state index is 12.5. The summed E-state index contributed by atoms with van der Waals surface area (Å²) in [6, 6.07) is 14.2. The second kappa shape index (κ2) is 7.70. The van der Waals surface area contributed by atoms with Gasteiger partial charge in [-0.15, -0.1) is 0 Å². The third-order valence-corrected chi connectivity index (χ3v) is 4.29. The number of aromatic nitrogens is 1. The van der Waals surface area contributed by atoms with E-state index in [0.29, 0.717) is 40.4 Å². The van der Waals surface area contributed by atoms with Crippen molar-refractivity contribution in [3.05, 3.63) is 70.7 Å². The Bertz CT molecular complexity index is 1190. The van der Waals surface area contributed by atoms with Crippen LogP contribution in [0.25, 0.3) is 21.9 Å². The van der Waals surface area contributed by atoms with Gasteiger partial charge in [-0.1, -0.05) is 12.1 Å². The lowest BCUT2D eigenvalue weighted by Crippen LogP contribution is -2.06. The normalized spacial score (nSPS) is 11.1. The average molecular weight is 377 g/mol. The first-order valence-electron chi connectivity index (χ1n) is 8.99. The molecule has 1 N–H and O–H groups in total. The summed E-state index contributed by atoms with van der Waals surface area (Å²) in [7, 11) is 0. The molecule has 6 heteroatoms. The van der Waals surface area contributed by atoms with Crippen LogP contribution in [0.2, 0.25) is 0 Å². The molecule has 0 bridgehead atoms. The van der Waals surface area contributed by atoms with Crippen LogP contribution < -0.4 is 14.9 Å². The molecule has 0 fully saturated rings. The maximum atomic E-state index is 12.5. The number of aliphatic hydroxyl groups is 1. The van der Waals surface area contributed by atoms with Crippen molar-refractivity contribution in [3.63, 3.8) is 0 Å². The fraction of sp³-hybridized carbons (Fsp3) is 0.182. The monoisotopic (exact) mass is 377 g/mol. The number of hydrogen-bond acceptors (Lipinski definition) is 6. The first-order valence-corrected chi connectivity index (χ1v) is 8.99. The minimum Gasteiger partial charge on any atom is -0.492 e. The van der Waals surface area contributed by atoms with Crippen molar-refractivity contribution in [3.8, 4) is 17.2 Å². The summed E-state index contributed by atoms with van der Waals surface area (Å²) >= 11 is 0. The van der Waals surface area contributed by atoms with E-state index < -0.39 is 0 Å². The minimum atomic E-state index is -0.182. The van der Waals surface area contributed by atoms with E-state index in [1.807, 2.05) is 24.3 Å². The van der Waals surface area contributed by atoms with Crippen molar-refractivity contribution in [1.29, 1.82) is 0 Å². The average Bonchev–Trinajstić information content (AvgIpc) is 2.68. The molecule has 4 aromatic rings. The highest BCUT2D eigenvalue weighted by Crippen LogP contribution is 2.34. The zero-order valence-electron chi connectivity index (χ0n) is 15.3. The van der Waals surface area contributed by atoms with E-state index in [1.165, 1.54) is 6.07 Å². The van der Waals surface area contributed by atoms with E-state index in [9.17, 15) is 4.79 Å². The molecule has 0 spiro atoms. The van der Waals surface area contributed by atoms with Crippen molar-refractivity contribution < 1.29 is 19.0 Å². The van der Waals surface area contributed by atoms with Gasteiger partial charge >= 0.3 is 0 Å². The van der Waals surface area contributed by atoms with E-state index in [4.69, 9.17) is 19.0 Å². The summed E-state index contributed by atoms with van der Waals surface area (Å²) in [6.45, 7) is 2.00. The predicted molar refractivity (Wildman–Crippen MR) is 106 cm³/mol. The fourth-order valence-corrected chi connectivity index (χ4v) is 3.05. The molecule has 2 aromatic heterocycles. The topological polar surface area (TPSA) is 81.8 Å². The number of benzene rings is 2. The summed E-state index contributed by atoms with van der Waals surface area (Å²) in [5.41, 5.74) is 1.03. The van der Waals surface area contributed by atoms with Crippen LogP contribution in [0.15, 0.2) is 63.9 Å². The number of ether oxygens (including phenoxy) is 2. The van der Waals surface area contributed by atoms with Crippen molar-refractivity contribution in [2.24, 2.45) is 0 Å². The van der Waals surface area contributed by atoms with Crippen molar-refractivity contribution in [2.75, 3.05) is 13.2 Å². The largest absolute Gasteiger partial charge is 0.492 e. The second-order valence-electron chi connectivity index (χ2n) is 6.37. The molecule has 0 saturated heterocycles. The third-order valence-electron chi connectivity index (χ3n) is 4.29. The number of pyridine rings is 1. The summed E-state index contributed by atoms with van der Waals surface area (Å²) in [5.74, 6) is 2.00. The molecular weight excluding hydrogens is 358 g/mol. The number of para-hydroxylation sites is 1. The minimum absolute atomic E-state index is 0.00480. The molecule has 142 valence electrons. The highest BCUT2D eigenvalue weighted by atomic mass is 16.5. The quantitative estimate of drug-likeness (QED) is 0.507. The molecule has 2 heterocycles. The summed E-state index contributed by atoms with van der Waals surface area (Å²) in [5, 5.41) is 10.2. The molecular formula is C22H19NO5. The molecule has 0 amide bonds. The number of hydrogen-bond donors (Lipinski definition) is 1. The predicted octanol–water partition coefficient (Wildman–Crippen LogP) is 4.20.